The molecule has 2 fully saturated rings. The van der Waals surface area contributed by atoms with Crippen molar-refractivity contribution < 1.29 is 33.6 Å². The summed E-state index contributed by atoms with van der Waals surface area (Å²) in [5.74, 6) is 0.0575. The van der Waals surface area contributed by atoms with Gasteiger partial charge in [-0.1, -0.05) is 20.8 Å². The number of ether oxygens (including phenoxy) is 2. The lowest BCUT2D eigenvalue weighted by atomic mass is 10.2. The molecule has 0 bridgehead atoms. The lowest BCUT2D eigenvalue weighted by Crippen LogP contribution is -2.33. The van der Waals surface area contributed by atoms with Crippen LogP contribution in [0, 0.1) is 6.92 Å². The van der Waals surface area contributed by atoms with Gasteiger partial charge in [0.2, 0.25) is 0 Å². The second kappa shape index (κ2) is 17.1. The first-order valence-corrected chi connectivity index (χ1v) is 14.9. The van der Waals surface area contributed by atoms with Gasteiger partial charge in [-0.15, -0.1) is 0 Å². The molecule has 7 atom stereocenters. The molecule has 1 unspecified atom stereocenters. The fourth-order valence-corrected chi connectivity index (χ4v) is 5.37. The van der Waals surface area contributed by atoms with Crippen molar-refractivity contribution in [2.24, 2.45) is 0 Å². The fourth-order valence-electron chi connectivity index (χ4n) is 4.58. The molecule has 0 aromatic carbocycles. The Kier molecular flexibility index (Phi) is 14.6. The molecule has 0 amide bonds. The first-order chi connectivity index (χ1) is 20.0. The van der Waals surface area contributed by atoms with E-state index >= 15 is 0 Å². The number of aliphatic hydroxyl groups excluding tert-OH is 2. The Morgan fingerprint density at radius 3 is 2.33 bits per heavy atom. The molecule has 3 radical (unpaired) electrons. The van der Waals surface area contributed by atoms with E-state index in [1.165, 1.54) is 54.2 Å². The van der Waals surface area contributed by atoms with E-state index in [2.05, 4.69) is 35.6 Å². The van der Waals surface area contributed by atoms with Crippen LogP contribution in [0.5, 0.6) is 0 Å². The van der Waals surface area contributed by atoms with Crippen molar-refractivity contribution in [2.45, 2.75) is 77.4 Å². The molecule has 2 aliphatic heterocycles. The van der Waals surface area contributed by atoms with E-state index in [4.69, 9.17) is 24.3 Å². The average Bonchev–Trinajstić information content (AvgIpc) is 3.53. The van der Waals surface area contributed by atoms with Crippen molar-refractivity contribution in [3.05, 3.63) is 55.3 Å². The molecule has 0 spiro atoms. The topological polar surface area (TPSA) is 217 Å². The van der Waals surface area contributed by atoms with Crippen LogP contribution in [0.1, 0.15) is 51.6 Å². The highest BCUT2D eigenvalue weighted by molar-refractivity contribution is 7.40. The molecule has 2 aliphatic rings. The van der Waals surface area contributed by atoms with E-state index in [1.54, 1.807) is 0 Å². The maximum absolute atomic E-state index is 12.1. The Balaban J connectivity index is 0.000000721. The van der Waals surface area contributed by atoms with Crippen molar-refractivity contribution in [3.8, 4) is 0 Å². The zero-order chi connectivity index (χ0) is 31.0. The number of anilines is 1. The molecule has 2 aromatic heterocycles. The molecule has 43 heavy (non-hydrogen) atoms. The number of rotatable bonds is 11. The SMILES string of the molecule is CCN(CC)CC.Cc1cn([C@H]2C[C@H](O)[C@@H](COP(O)O[C@H]3C[C@H](n4ccc(N)nc4=O)O[C@@H]3CO)O2)c(=O)[nH]c1=O.[B]. The van der Waals surface area contributed by atoms with Gasteiger partial charge in [0, 0.05) is 39.2 Å². The van der Waals surface area contributed by atoms with Gasteiger partial charge in [0.1, 0.15) is 30.5 Å². The smallest absolute Gasteiger partial charge is 0.351 e. The van der Waals surface area contributed by atoms with Crippen LogP contribution < -0.4 is 22.7 Å². The molecule has 18 heteroatoms. The lowest BCUT2D eigenvalue weighted by molar-refractivity contribution is -0.0527. The van der Waals surface area contributed by atoms with Crippen molar-refractivity contribution >= 4 is 22.8 Å². The van der Waals surface area contributed by atoms with E-state index in [0.717, 1.165) is 0 Å². The number of H-pyrrole nitrogens is 1. The van der Waals surface area contributed by atoms with Gasteiger partial charge in [-0.2, -0.15) is 4.98 Å². The summed E-state index contributed by atoms with van der Waals surface area (Å²) in [6, 6.07) is 1.43. The van der Waals surface area contributed by atoms with Crippen LogP contribution in [-0.4, -0.2) is 105 Å². The third kappa shape index (κ3) is 9.76. The molecule has 2 aromatic rings. The van der Waals surface area contributed by atoms with Crippen LogP contribution >= 0.6 is 8.60 Å². The summed E-state index contributed by atoms with van der Waals surface area (Å²) in [5.41, 5.74) is 3.99. The molecule has 4 heterocycles. The molecule has 2 saturated heterocycles. The molecular weight excluding hydrogens is 586 g/mol. The van der Waals surface area contributed by atoms with Crippen LogP contribution in [-0.2, 0) is 18.5 Å². The highest BCUT2D eigenvalue weighted by atomic mass is 31.2. The van der Waals surface area contributed by atoms with Crippen molar-refractivity contribution in [1.82, 2.24) is 24.0 Å². The number of nitrogen functional groups attached to an aromatic ring is 1. The third-order valence-corrected chi connectivity index (χ3v) is 7.92. The summed E-state index contributed by atoms with van der Waals surface area (Å²) in [7, 11) is -2.47. The number of aromatic nitrogens is 4. The van der Waals surface area contributed by atoms with Gasteiger partial charge in [-0.25, -0.2) is 9.59 Å². The van der Waals surface area contributed by atoms with E-state index in [9.17, 15) is 29.5 Å². The number of hydrogen-bond acceptors (Lipinski definition) is 13. The molecule has 0 aliphatic carbocycles. The van der Waals surface area contributed by atoms with Gasteiger partial charge in [-0.05, 0) is 32.6 Å². The normalized spacial score (nSPS) is 25.7. The molecular formula is C25H41BN6O10P. The second-order valence-electron chi connectivity index (χ2n) is 9.80. The van der Waals surface area contributed by atoms with Crippen LogP contribution in [0.25, 0.3) is 0 Å². The number of nitrogens with two attached hydrogens (primary N) is 1. The molecule has 4 rings (SSSR count). The largest absolute Gasteiger partial charge is 0.394 e. The lowest BCUT2D eigenvalue weighted by Gasteiger charge is -2.21. The second-order valence-corrected chi connectivity index (χ2v) is 10.7. The summed E-state index contributed by atoms with van der Waals surface area (Å²) < 4.78 is 24.5. The minimum atomic E-state index is -2.47. The predicted molar refractivity (Wildman–Crippen MR) is 158 cm³/mol. The minimum Gasteiger partial charge on any atom is -0.394 e. The number of hydrogen-bond donors (Lipinski definition) is 5. The highest BCUT2D eigenvalue weighted by Crippen LogP contribution is 2.42. The predicted octanol–water partition coefficient (Wildman–Crippen LogP) is -0.799. The summed E-state index contributed by atoms with van der Waals surface area (Å²) in [6.07, 6.45) is -2.18. The number of aromatic amines is 1. The number of aliphatic hydroxyl groups is 2. The Morgan fingerprint density at radius 1 is 1.12 bits per heavy atom. The van der Waals surface area contributed by atoms with Crippen molar-refractivity contribution in [2.75, 3.05) is 38.6 Å². The number of aryl methyl sites for hydroxylation is 1. The Morgan fingerprint density at radius 2 is 1.74 bits per heavy atom. The third-order valence-electron chi connectivity index (χ3n) is 7.10. The van der Waals surface area contributed by atoms with E-state index in [1.807, 2.05) is 0 Å². The Bertz CT molecular complexity index is 1320. The summed E-state index contributed by atoms with van der Waals surface area (Å²) in [6.45, 7) is 11.0. The van der Waals surface area contributed by atoms with Gasteiger partial charge in [0.15, 0.2) is 0 Å². The van der Waals surface area contributed by atoms with E-state index in [-0.39, 0.29) is 33.7 Å². The molecule has 6 N–H and O–H groups in total. The number of nitrogens with zero attached hydrogens (tertiary/aromatic N) is 4. The first-order valence-electron chi connectivity index (χ1n) is 13.8. The summed E-state index contributed by atoms with van der Waals surface area (Å²) >= 11 is 0. The van der Waals surface area contributed by atoms with Crippen molar-refractivity contribution in [1.29, 1.82) is 0 Å². The van der Waals surface area contributed by atoms with Crippen LogP contribution in [0.15, 0.2) is 32.8 Å². The highest BCUT2D eigenvalue weighted by Gasteiger charge is 2.40. The van der Waals surface area contributed by atoms with Gasteiger partial charge < -0.3 is 44.3 Å². The van der Waals surface area contributed by atoms with Gasteiger partial charge >= 0.3 is 20.0 Å². The molecule has 239 valence electrons. The van der Waals surface area contributed by atoms with Crippen LogP contribution in [0.2, 0.25) is 0 Å². The standard InChI is InChI=1S/C19H26N5O10P.C6H15N.B/c1-9-6-24(19(29)22-17(9)27)15-4-10(26)13(33-15)8-31-35(30)34-11-5-16(32-12(11)7-25)23-3-2-14(20)21-18(23)28;1-4-7(5-2)6-3;/h2-3,6,10-13,15-16,25-26,30H,4-5,7-8H2,1H3,(H2,20,21,28)(H,22,27,29);4-6H2,1-3H3;/t10-,11-,12+,13+,15+,16+,35?;;/m0../s1. The van der Waals surface area contributed by atoms with Gasteiger partial charge in [0.25, 0.3) is 5.56 Å². The maximum Gasteiger partial charge on any atom is 0.351 e. The van der Waals surface area contributed by atoms with E-state index in [0.29, 0.717) is 5.56 Å². The first kappa shape index (κ1) is 36.7. The number of nitrogens with one attached hydrogen (secondary N) is 1. The Hall–Kier alpha value is -2.47. The minimum absolute atomic E-state index is 0. The molecule has 16 nitrogen and oxygen atoms in total. The summed E-state index contributed by atoms with van der Waals surface area (Å²) in [5, 5.41) is 19.9. The maximum atomic E-state index is 12.1. The van der Waals surface area contributed by atoms with E-state index < -0.39 is 69.0 Å². The fraction of sp³-hybridized carbons (Fsp3) is 0.680. The van der Waals surface area contributed by atoms with Crippen molar-refractivity contribution in [3.63, 3.8) is 0 Å². The Labute approximate surface area is 251 Å². The van der Waals surface area contributed by atoms with Gasteiger partial charge in [-0.3, -0.25) is 18.9 Å². The quantitative estimate of drug-likeness (QED) is 0.153. The monoisotopic (exact) mass is 627 g/mol. The zero-order valence-corrected chi connectivity index (χ0v) is 25.6. The molecule has 0 saturated carbocycles. The summed E-state index contributed by atoms with van der Waals surface area (Å²) in [4.78, 5) is 54.1. The van der Waals surface area contributed by atoms with Gasteiger partial charge in [0.05, 0.1) is 25.4 Å². The van der Waals surface area contributed by atoms with Crippen LogP contribution in [0.4, 0.5) is 5.82 Å². The zero-order valence-electron chi connectivity index (χ0n) is 24.7. The average molecular weight is 627 g/mol. The van der Waals surface area contributed by atoms with Crippen LogP contribution in [0.3, 0.4) is 0 Å².